The Balaban J connectivity index is 1.34. The molecule has 0 aliphatic carbocycles. The van der Waals surface area contributed by atoms with Gasteiger partial charge < -0.3 is 19.2 Å². The zero-order valence-corrected chi connectivity index (χ0v) is 21.7. The lowest BCUT2D eigenvalue weighted by Crippen LogP contribution is -2.10. The fourth-order valence-electron chi connectivity index (χ4n) is 4.44. The second-order valence-electron chi connectivity index (χ2n) is 9.36. The average Bonchev–Trinajstić information content (AvgIpc) is 3.01. The van der Waals surface area contributed by atoms with Gasteiger partial charge in [-0.3, -0.25) is 4.79 Å². The topological polar surface area (TPSA) is 60.7 Å². The molecule has 0 spiro atoms. The minimum atomic E-state index is -0.228. The number of nitrogens with one attached hydrogen (secondary N) is 1. The van der Waals surface area contributed by atoms with Crippen LogP contribution < -0.4 is 20.2 Å². The highest BCUT2D eigenvalue weighted by molar-refractivity contribution is 5.85. The molecule has 1 heterocycles. The van der Waals surface area contributed by atoms with Crippen molar-refractivity contribution in [2.45, 2.75) is 13.2 Å². The minimum Gasteiger partial charge on any atom is -0.489 e. The Hall–Kier alpha value is -5.29. The summed E-state index contributed by atoms with van der Waals surface area (Å²) in [6.07, 6.45) is 0. The van der Waals surface area contributed by atoms with Crippen LogP contribution in [0.3, 0.4) is 0 Å². The van der Waals surface area contributed by atoms with Gasteiger partial charge in [0.1, 0.15) is 24.5 Å². The van der Waals surface area contributed by atoms with Crippen LogP contribution in [0, 0.1) is 0 Å². The van der Waals surface area contributed by atoms with Crippen molar-refractivity contribution < 1.29 is 13.9 Å². The van der Waals surface area contributed by atoms with E-state index in [1.54, 1.807) is 6.07 Å². The van der Waals surface area contributed by atoms with Gasteiger partial charge in [-0.25, -0.2) is 0 Å². The summed E-state index contributed by atoms with van der Waals surface area (Å²) < 4.78 is 18.4. The third-order valence-electron chi connectivity index (χ3n) is 6.50. The maximum absolute atomic E-state index is 13.8. The summed E-state index contributed by atoms with van der Waals surface area (Å²) in [5.74, 6) is 1.28. The van der Waals surface area contributed by atoms with E-state index in [2.05, 4.69) is 5.32 Å². The van der Waals surface area contributed by atoms with Gasteiger partial charge in [0.2, 0.25) is 11.2 Å². The highest BCUT2D eigenvalue weighted by Gasteiger charge is 2.19. The van der Waals surface area contributed by atoms with Gasteiger partial charge in [0.15, 0.2) is 5.76 Å². The molecule has 6 rings (SSSR count). The third-order valence-corrected chi connectivity index (χ3v) is 6.50. The SMILES string of the molecule is O=c1c(OCc2ccccc2)c(-c2ccc(OCc3ccccc3)cc2)oc2ccc(Nc3ccccc3)cc12. The molecular weight excluding hydrogens is 498 g/mol. The Kier molecular flexibility index (Phi) is 7.27. The van der Waals surface area contributed by atoms with E-state index in [0.717, 1.165) is 33.8 Å². The fourth-order valence-corrected chi connectivity index (χ4v) is 4.44. The van der Waals surface area contributed by atoms with Crippen LogP contribution >= 0.6 is 0 Å². The van der Waals surface area contributed by atoms with E-state index in [-0.39, 0.29) is 17.8 Å². The van der Waals surface area contributed by atoms with E-state index in [1.165, 1.54) is 0 Å². The second-order valence-corrected chi connectivity index (χ2v) is 9.36. The summed E-state index contributed by atoms with van der Waals surface area (Å²) in [6.45, 7) is 0.709. The molecule has 40 heavy (non-hydrogen) atoms. The highest BCUT2D eigenvalue weighted by atomic mass is 16.5. The molecule has 6 aromatic rings. The lowest BCUT2D eigenvalue weighted by atomic mass is 10.1. The molecule has 5 nitrogen and oxygen atoms in total. The number of hydrogen-bond donors (Lipinski definition) is 1. The van der Waals surface area contributed by atoms with Crippen LogP contribution in [0.15, 0.2) is 143 Å². The van der Waals surface area contributed by atoms with Gasteiger partial charge in [-0.2, -0.15) is 0 Å². The van der Waals surface area contributed by atoms with E-state index in [0.29, 0.717) is 23.3 Å². The first-order valence-corrected chi connectivity index (χ1v) is 13.1. The predicted molar refractivity (Wildman–Crippen MR) is 159 cm³/mol. The summed E-state index contributed by atoms with van der Waals surface area (Å²) in [5, 5.41) is 3.78. The van der Waals surface area contributed by atoms with Crippen LogP contribution in [0.1, 0.15) is 11.1 Å². The van der Waals surface area contributed by atoms with Crippen LogP contribution in [0.2, 0.25) is 0 Å². The standard InChI is InChI=1S/C35H27NO4/c37-33-31-22-29(36-28-14-8-3-9-15-28)18-21-32(31)40-34(35(33)39-24-26-12-6-2-7-13-26)27-16-19-30(20-17-27)38-23-25-10-4-1-5-11-25/h1-22,36H,23-24H2. The molecule has 5 heteroatoms. The number of para-hydroxylation sites is 1. The third kappa shape index (κ3) is 5.74. The highest BCUT2D eigenvalue weighted by Crippen LogP contribution is 2.33. The number of ether oxygens (including phenoxy) is 2. The largest absolute Gasteiger partial charge is 0.489 e. The monoisotopic (exact) mass is 525 g/mol. The van der Waals surface area contributed by atoms with Crippen LogP contribution in [0.4, 0.5) is 11.4 Å². The van der Waals surface area contributed by atoms with Crippen LogP contribution in [-0.2, 0) is 13.2 Å². The Labute approximate surface area is 232 Å². The quantitative estimate of drug-likeness (QED) is 0.205. The maximum Gasteiger partial charge on any atom is 0.235 e. The molecule has 1 N–H and O–H groups in total. The smallest absolute Gasteiger partial charge is 0.235 e. The number of anilines is 2. The molecule has 0 saturated heterocycles. The summed E-state index contributed by atoms with van der Waals surface area (Å²) in [4.78, 5) is 13.8. The first-order valence-electron chi connectivity index (χ1n) is 13.1. The van der Waals surface area contributed by atoms with E-state index >= 15 is 0 Å². The van der Waals surface area contributed by atoms with Gasteiger partial charge >= 0.3 is 0 Å². The van der Waals surface area contributed by atoms with Crippen molar-refractivity contribution in [1.29, 1.82) is 0 Å². The number of hydrogen-bond acceptors (Lipinski definition) is 5. The number of benzene rings is 5. The van der Waals surface area contributed by atoms with E-state index in [9.17, 15) is 4.79 Å². The van der Waals surface area contributed by atoms with Crippen molar-refractivity contribution in [2.24, 2.45) is 0 Å². The fraction of sp³-hybridized carbons (Fsp3) is 0.0571. The molecule has 0 fully saturated rings. The van der Waals surface area contributed by atoms with Crippen molar-refractivity contribution in [3.05, 3.63) is 155 Å². The second kappa shape index (κ2) is 11.6. The van der Waals surface area contributed by atoms with E-state index in [4.69, 9.17) is 13.9 Å². The molecule has 0 unspecified atom stereocenters. The molecule has 0 bridgehead atoms. The summed E-state index contributed by atoms with van der Waals surface area (Å²) in [6, 6.07) is 42.6. The van der Waals surface area contributed by atoms with Gasteiger partial charge in [0.25, 0.3) is 0 Å². The molecular formula is C35H27NO4. The molecule has 196 valence electrons. The summed E-state index contributed by atoms with van der Waals surface area (Å²) >= 11 is 0. The van der Waals surface area contributed by atoms with E-state index in [1.807, 2.05) is 127 Å². The molecule has 0 saturated carbocycles. The summed E-state index contributed by atoms with van der Waals surface area (Å²) in [5.41, 5.74) is 4.73. The lowest BCUT2D eigenvalue weighted by Gasteiger charge is -2.13. The maximum atomic E-state index is 13.8. The average molecular weight is 526 g/mol. The Morgan fingerprint density at radius 2 is 1.20 bits per heavy atom. The predicted octanol–water partition coefficient (Wildman–Crippen LogP) is 8.36. The molecule has 0 aliphatic heterocycles. The van der Waals surface area contributed by atoms with E-state index < -0.39 is 0 Å². The Morgan fingerprint density at radius 1 is 0.600 bits per heavy atom. The van der Waals surface area contributed by atoms with Crippen molar-refractivity contribution in [1.82, 2.24) is 0 Å². The first-order chi connectivity index (χ1) is 19.7. The molecule has 5 aromatic carbocycles. The Bertz CT molecular complexity index is 1760. The van der Waals surface area contributed by atoms with Crippen LogP contribution in [0.25, 0.3) is 22.3 Å². The summed E-state index contributed by atoms with van der Waals surface area (Å²) in [7, 11) is 0. The molecule has 1 aromatic heterocycles. The van der Waals surface area contributed by atoms with Gasteiger partial charge in [-0.15, -0.1) is 0 Å². The normalized spacial score (nSPS) is 10.8. The Morgan fingerprint density at radius 3 is 1.85 bits per heavy atom. The van der Waals surface area contributed by atoms with Gasteiger partial charge in [-0.05, 0) is 65.7 Å². The van der Waals surface area contributed by atoms with Crippen molar-refractivity contribution in [2.75, 3.05) is 5.32 Å². The molecule has 0 aliphatic rings. The molecule has 0 radical (unpaired) electrons. The van der Waals surface area contributed by atoms with Gasteiger partial charge in [0, 0.05) is 16.9 Å². The van der Waals surface area contributed by atoms with Crippen molar-refractivity contribution >= 4 is 22.3 Å². The van der Waals surface area contributed by atoms with Crippen LogP contribution in [0.5, 0.6) is 11.5 Å². The number of rotatable bonds is 9. The molecule has 0 amide bonds. The molecule has 0 atom stereocenters. The van der Waals surface area contributed by atoms with Crippen molar-refractivity contribution in [3.63, 3.8) is 0 Å². The van der Waals surface area contributed by atoms with Gasteiger partial charge in [0.05, 0.1) is 5.39 Å². The zero-order chi connectivity index (χ0) is 27.1. The lowest BCUT2D eigenvalue weighted by molar-refractivity contribution is 0.297. The number of fused-ring (bicyclic) bond motifs is 1. The minimum absolute atomic E-state index is 0.172. The first kappa shape index (κ1) is 25.0. The zero-order valence-electron chi connectivity index (χ0n) is 21.7. The van der Waals surface area contributed by atoms with Crippen LogP contribution in [-0.4, -0.2) is 0 Å². The van der Waals surface area contributed by atoms with Gasteiger partial charge in [-0.1, -0.05) is 78.9 Å². The van der Waals surface area contributed by atoms with Crippen molar-refractivity contribution in [3.8, 4) is 22.8 Å².